The molecule has 0 amide bonds. The van der Waals surface area contributed by atoms with E-state index in [1.165, 1.54) is 17.1 Å². The Bertz CT molecular complexity index is 547. The van der Waals surface area contributed by atoms with Crippen molar-refractivity contribution < 1.29 is 0 Å². The quantitative estimate of drug-likeness (QED) is 0.574. The Balaban J connectivity index is 1.92. The molecule has 0 aliphatic carbocycles. The second-order valence-corrected chi connectivity index (χ2v) is 6.11. The van der Waals surface area contributed by atoms with Crippen molar-refractivity contribution in [1.29, 1.82) is 0 Å². The van der Waals surface area contributed by atoms with E-state index < -0.39 is 0 Å². The number of alkyl halides is 1. The molecule has 0 atom stereocenters. The SMILES string of the molecule is BrCCCN1SN(c2ccccc2)c2ccccc21. The molecule has 2 aromatic carbocycles. The zero-order valence-electron chi connectivity index (χ0n) is 10.5. The van der Waals surface area contributed by atoms with Crippen LogP contribution >= 0.6 is 28.1 Å². The summed E-state index contributed by atoms with van der Waals surface area (Å²) in [6.45, 7) is 1.05. The van der Waals surface area contributed by atoms with Crippen molar-refractivity contribution in [2.45, 2.75) is 6.42 Å². The number of halogens is 1. The number of hydrogen-bond acceptors (Lipinski definition) is 3. The van der Waals surface area contributed by atoms with Crippen LogP contribution in [0.25, 0.3) is 0 Å². The van der Waals surface area contributed by atoms with Gasteiger partial charge in [-0.1, -0.05) is 46.3 Å². The van der Waals surface area contributed by atoms with Gasteiger partial charge < -0.3 is 0 Å². The highest BCUT2D eigenvalue weighted by Crippen LogP contribution is 2.48. The van der Waals surface area contributed by atoms with Crippen LogP contribution < -0.4 is 8.61 Å². The predicted octanol–water partition coefficient (Wildman–Crippen LogP) is 4.99. The summed E-state index contributed by atoms with van der Waals surface area (Å²) in [5, 5.41) is 1.04. The highest BCUT2D eigenvalue weighted by molar-refractivity contribution is 9.09. The first-order valence-electron chi connectivity index (χ1n) is 6.36. The Morgan fingerprint density at radius 2 is 1.58 bits per heavy atom. The molecule has 19 heavy (non-hydrogen) atoms. The lowest BCUT2D eigenvalue weighted by molar-refractivity contribution is 0.952. The summed E-state index contributed by atoms with van der Waals surface area (Å²) in [5.74, 6) is 0. The van der Waals surface area contributed by atoms with E-state index in [0.717, 1.165) is 18.3 Å². The van der Waals surface area contributed by atoms with Gasteiger partial charge >= 0.3 is 0 Å². The number of benzene rings is 2. The lowest BCUT2D eigenvalue weighted by atomic mass is 10.2. The molecule has 0 N–H and O–H groups in total. The van der Waals surface area contributed by atoms with Gasteiger partial charge in [0.25, 0.3) is 0 Å². The summed E-state index contributed by atoms with van der Waals surface area (Å²) >= 11 is 5.29. The molecule has 4 heteroatoms. The molecule has 3 rings (SSSR count). The summed E-state index contributed by atoms with van der Waals surface area (Å²) < 4.78 is 4.66. The second-order valence-electron chi connectivity index (χ2n) is 4.34. The third-order valence-corrected chi connectivity index (χ3v) is 4.74. The minimum atomic E-state index is 1.04. The zero-order valence-corrected chi connectivity index (χ0v) is 12.9. The van der Waals surface area contributed by atoms with E-state index in [0.29, 0.717) is 0 Å². The van der Waals surface area contributed by atoms with E-state index >= 15 is 0 Å². The maximum absolute atomic E-state index is 3.51. The van der Waals surface area contributed by atoms with Crippen molar-refractivity contribution >= 4 is 45.1 Å². The van der Waals surface area contributed by atoms with Crippen molar-refractivity contribution in [3.8, 4) is 0 Å². The van der Waals surface area contributed by atoms with Crippen LogP contribution in [0.5, 0.6) is 0 Å². The number of rotatable bonds is 4. The van der Waals surface area contributed by atoms with Crippen LogP contribution in [0.2, 0.25) is 0 Å². The van der Waals surface area contributed by atoms with Gasteiger partial charge in [0, 0.05) is 11.9 Å². The Kier molecular flexibility index (Phi) is 3.99. The number of para-hydroxylation sites is 3. The van der Waals surface area contributed by atoms with Crippen LogP contribution in [-0.2, 0) is 0 Å². The van der Waals surface area contributed by atoms with Crippen LogP contribution in [-0.4, -0.2) is 11.9 Å². The Hall–Kier alpha value is -1.13. The molecule has 0 radical (unpaired) electrons. The molecular weight excluding hydrogens is 320 g/mol. The smallest absolute Gasteiger partial charge is 0.0784 e. The molecule has 1 aliphatic rings. The number of anilines is 3. The van der Waals surface area contributed by atoms with E-state index in [4.69, 9.17) is 0 Å². The summed E-state index contributed by atoms with van der Waals surface area (Å²) in [7, 11) is 0. The molecule has 98 valence electrons. The second kappa shape index (κ2) is 5.88. The van der Waals surface area contributed by atoms with Gasteiger partial charge in [-0.15, -0.1) is 0 Å². The van der Waals surface area contributed by atoms with Crippen LogP contribution in [0, 0.1) is 0 Å². The lowest BCUT2D eigenvalue weighted by Gasteiger charge is -2.19. The maximum Gasteiger partial charge on any atom is 0.0784 e. The van der Waals surface area contributed by atoms with E-state index in [9.17, 15) is 0 Å². The fourth-order valence-electron chi connectivity index (χ4n) is 2.15. The summed E-state index contributed by atoms with van der Waals surface area (Å²) in [5.41, 5.74) is 3.80. The van der Waals surface area contributed by atoms with Crippen molar-refractivity contribution in [2.24, 2.45) is 0 Å². The standard InChI is InChI=1S/C15H15BrN2S/c16-11-6-12-17-14-9-4-5-10-15(14)18(19-17)13-7-2-1-3-8-13/h1-5,7-10H,6,11-12H2. The predicted molar refractivity (Wildman–Crippen MR) is 88.4 cm³/mol. The molecule has 0 saturated carbocycles. The summed E-state index contributed by atoms with van der Waals surface area (Å²) in [6, 6.07) is 19.1. The van der Waals surface area contributed by atoms with Crippen LogP contribution in [0.3, 0.4) is 0 Å². The molecule has 2 nitrogen and oxygen atoms in total. The minimum absolute atomic E-state index is 1.04. The minimum Gasteiger partial charge on any atom is -0.296 e. The molecule has 0 aromatic heterocycles. The van der Waals surface area contributed by atoms with Gasteiger partial charge in [0.1, 0.15) is 0 Å². The molecular formula is C15H15BrN2S. The number of fused-ring (bicyclic) bond motifs is 1. The first-order valence-corrected chi connectivity index (χ1v) is 8.21. The van der Waals surface area contributed by atoms with Crippen molar-refractivity contribution in [1.82, 2.24) is 0 Å². The Labute approximate surface area is 126 Å². The zero-order chi connectivity index (χ0) is 13.1. The highest BCUT2D eigenvalue weighted by Gasteiger charge is 2.27. The number of hydrogen-bond donors (Lipinski definition) is 0. The molecule has 1 aliphatic heterocycles. The first kappa shape index (κ1) is 12.9. The average Bonchev–Trinajstić information content (AvgIpc) is 2.85. The molecule has 0 bridgehead atoms. The van der Waals surface area contributed by atoms with E-state index in [-0.39, 0.29) is 0 Å². The molecule has 1 heterocycles. The molecule has 2 aromatic rings. The van der Waals surface area contributed by atoms with Gasteiger partial charge in [-0.2, -0.15) is 0 Å². The van der Waals surface area contributed by atoms with Crippen molar-refractivity contribution in [3.05, 3.63) is 54.6 Å². The van der Waals surface area contributed by atoms with Crippen LogP contribution in [0.1, 0.15) is 6.42 Å². The van der Waals surface area contributed by atoms with Crippen molar-refractivity contribution in [3.63, 3.8) is 0 Å². The van der Waals surface area contributed by atoms with Gasteiger partial charge in [-0.3, -0.25) is 8.61 Å². The summed E-state index contributed by atoms with van der Waals surface area (Å²) in [4.78, 5) is 0. The third-order valence-electron chi connectivity index (χ3n) is 3.03. The van der Waals surface area contributed by atoms with Crippen LogP contribution in [0.15, 0.2) is 54.6 Å². The topological polar surface area (TPSA) is 6.48 Å². The van der Waals surface area contributed by atoms with Gasteiger partial charge in [0.05, 0.1) is 29.2 Å². The first-order chi connectivity index (χ1) is 9.40. The number of nitrogens with zero attached hydrogens (tertiary/aromatic N) is 2. The normalized spacial score (nSPS) is 13.7. The molecule has 0 spiro atoms. The van der Waals surface area contributed by atoms with Gasteiger partial charge in [0.2, 0.25) is 0 Å². The van der Waals surface area contributed by atoms with Gasteiger partial charge in [-0.25, -0.2) is 0 Å². The van der Waals surface area contributed by atoms with Gasteiger partial charge in [-0.05, 0) is 30.7 Å². The molecule has 0 fully saturated rings. The monoisotopic (exact) mass is 334 g/mol. The fraction of sp³-hybridized carbons (Fsp3) is 0.200. The average molecular weight is 335 g/mol. The third kappa shape index (κ3) is 2.60. The maximum atomic E-state index is 3.51. The molecule has 0 saturated heterocycles. The summed E-state index contributed by atoms with van der Waals surface area (Å²) in [6.07, 6.45) is 1.14. The Morgan fingerprint density at radius 1 is 0.895 bits per heavy atom. The Morgan fingerprint density at radius 3 is 2.32 bits per heavy atom. The van der Waals surface area contributed by atoms with Crippen molar-refractivity contribution in [2.75, 3.05) is 20.5 Å². The fourth-order valence-corrected chi connectivity index (χ4v) is 3.51. The molecule has 0 unspecified atom stereocenters. The lowest BCUT2D eigenvalue weighted by Crippen LogP contribution is -2.15. The van der Waals surface area contributed by atoms with E-state index in [1.807, 2.05) is 0 Å². The van der Waals surface area contributed by atoms with Crippen LogP contribution in [0.4, 0.5) is 17.1 Å². The van der Waals surface area contributed by atoms with E-state index in [1.54, 1.807) is 12.1 Å². The van der Waals surface area contributed by atoms with E-state index in [2.05, 4.69) is 79.1 Å². The highest BCUT2D eigenvalue weighted by atomic mass is 79.9. The van der Waals surface area contributed by atoms with Gasteiger partial charge in [0.15, 0.2) is 0 Å². The largest absolute Gasteiger partial charge is 0.296 e.